The van der Waals surface area contributed by atoms with Crippen LogP contribution in [0.4, 0.5) is 19.3 Å². The summed E-state index contributed by atoms with van der Waals surface area (Å²) in [6.45, 7) is 1.92. The van der Waals surface area contributed by atoms with Crippen molar-refractivity contribution in [2.45, 2.75) is 31.3 Å². The largest absolute Gasteiger partial charge is 0.446 e. The van der Waals surface area contributed by atoms with Crippen LogP contribution in [0, 0.1) is 11.3 Å². The van der Waals surface area contributed by atoms with E-state index in [2.05, 4.69) is 20.9 Å². The number of aromatic nitrogens is 3. The number of rotatable bonds is 3. The summed E-state index contributed by atoms with van der Waals surface area (Å²) in [6.07, 6.45) is 3.84. The second kappa shape index (κ2) is 7.58. The van der Waals surface area contributed by atoms with Gasteiger partial charge in [0.15, 0.2) is 0 Å². The Hall–Kier alpha value is -3.48. The zero-order valence-electron chi connectivity index (χ0n) is 17.6. The highest BCUT2D eigenvalue weighted by Gasteiger charge is 2.48. The second-order valence-corrected chi connectivity index (χ2v) is 8.46. The number of pyridine rings is 1. The van der Waals surface area contributed by atoms with Gasteiger partial charge in [-0.2, -0.15) is 5.26 Å². The zero-order chi connectivity index (χ0) is 22.5. The molecular formula is C22H22F2N6O2. The van der Waals surface area contributed by atoms with Crippen LogP contribution in [0.5, 0.6) is 0 Å². The third kappa shape index (κ3) is 3.57. The lowest BCUT2D eigenvalue weighted by Crippen LogP contribution is -2.51. The van der Waals surface area contributed by atoms with Crippen molar-refractivity contribution in [2.75, 3.05) is 31.1 Å². The molecule has 5 rings (SSSR count). The first kappa shape index (κ1) is 20.4. The van der Waals surface area contributed by atoms with Gasteiger partial charge in [0, 0.05) is 81.7 Å². The van der Waals surface area contributed by atoms with E-state index in [0.29, 0.717) is 38.2 Å². The van der Waals surface area contributed by atoms with Crippen LogP contribution in [0.2, 0.25) is 0 Å². The topological polar surface area (TPSA) is 87.3 Å². The molecule has 8 nitrogen and oxygen atoms in total. The molecule has 0 atom stereocenters. The number of anilines is 1. The Morgan fingerprint density at radius 3 is 2.62 bits per heavy atom. The molecule has 1 amide bonds. The fraction of sp³-hybridized carbons (Fsp3) is 0.455. The maximum Gasteiger partial charge on any atom is 0.410 e. The number of hydrogen-bond acceptors (Lipinski definition) is 6. The van der Waals surface area contributed by atoms with Gasteiger partial charge in [-0.3, -0.25) is 4.98 Å². The SMILES string of the molecule is Cn1cnc(C2=C(C#N)c3c(N4CCN(C(=O)OC5CC(F)(F)C5)CC4)ccnc3C2)c1. The van der Waals surface area contributed by atoms with E-state index in [1.807, 2.05) is 23.9 Å². The fourth-order valence-electron chi connectivity index (χ4n) is 4.52. The predicted octanol–water partition coefficient (Wildman–Crippen LogP) is 2.86. The third-order valence-electron chi connectivity index (χ3n) is 6.23. The summed E-state index contributed by atoms with van der Waals surface area (Å²) in [7, 11) is 1.88. The number of nitrogens with zero attached hydrogens (tertiary/aromatic N) is 6. The molecule has 1 saturated carbocycles. The van der Waals surface area contributed by atoms with Gasteiger partial charge in [-0.25, -0.2) is 18.6 Å². The number of ether oxygens (including phenoxy) is 1. The van der Waals surface area contributed by atoms with E-state index in [-0.39, 0.29) is 0 Å². The molecule has 0 bridgehead atoms. The molecule has 166 valence electrons. The molecule has 3 aliphatic rings. The van der Waals surface area contributed by atoms with Crippen molar-refractivity contribution in [3.05, 3.63) is 41.7 Å². The van der Waals surface area contributed by atoms with E-state index >= 15 is 0 Å². The Morgan fingerprint density at radius 2 is 2.00 bits per heavy atom. The average Bonchev–Trinajstić information content (AvgIpc) is 3.35. The molecule has 0 spiro atoms. The minimum absolute atomic E-state index is 0.399. The van der Waals surface area contributed by atoms with Crippen LogP contribution >= 0.6 is 0 Å². The third-order valence-corrected chi connectivity index (χ3v) is 6.23. The first-order chi connectivity index (χ1) is 15.3. The van der Waals surface area contributed by atoms with Gasteiger partial charge in [-0.1, -0.05) is 0 Å². The highest BCUT2D eigenvalue weighted by atomic mass is 19.3. The average molecular weight is 440 g/mol. The highest BCUT2D eigenvalue weighted by Crippen LogP contribution is 2.42. The molecule has 2 aromatic heterocycles. The summed E-state index contributed by atoms with van der Waals surface area (Å²) in [5, 5.41) is 9.93. The van der Waals surface area contributed by atoms with Gasteiger partial charge in [-0.15, -0.1) is 0 Å². The molecule has 0 radical (unpaired) electrons. The number of fused-ring (bicyclic) bond motifs is 1. The van der Waals surface area contributed by atoms with Crippen molar-refractivity contribution < 1.29 is 18.3 Å². The Bertz CT molecular complexity index is 1140. The molecule has 1 saturated heterocycles. The van der Waals surface area contributed by atoms with E-state index in [1.54, 1.807) is 17.4 Å². The Labute approximate surface area is 183 Å². The lowest BCUT2D eigenvalue weighted by atomic mass is 9.91. The normalized spacial score (nSPS) is 20.1. The number of alkyl halides is 2. The van der Waals surface area contributed by atoms with E-state index in [9.17, 15) is 18.8 Å². The van der Waals surface area contributed by atoms with Crippen LogP contribution in [0.25, 0.3) is 11.1 Å². The number of nitriles is 1. The number of carbonyl (C=O) groups is 1. The molecule has 3 heterocycles. The number of halogens is 2. The van der Waals surface area contributed by atoms with Gasteiger partial charge in [0.05, 0.1) is 23.3 Å². The van der Waals surface area contributed by atoms with Gasteiger partial charge in [0.1, 0.15) is 12.2 Å². The van der Waals surface area contributed by atoms with Crippen molar-refractivity contribution >= 4 is 22.9 Å². The highest BCUT2D eigenvalue weighted by molar-refractivity contribution is 6.04. The molecule has 2 fully saturated rings. The Balaban J connectivity index is 1.31. The van der Waals surface area contributed by atoms with Crippen molar-refractivity contribution in [3.8, 4) is 6.07 Å². The van der Waals surface area contributed by atoms with Crippen LogP contribution in [0.15, 0.2) is 24.8 Å². The van der Waals surface area contributed by atoms with E-state index in [0.717, 1.165) is 28.2 Å². The van der Waals surface area contributed by atoms with Gasteiger partial charge in [0.25, 0.3) is 5.92 Å². The standard InChI is InChI=1S/C22H22F2N6O2/c1-28-12-18(27-13-28)15-8-17-20(16(15)11-25)19(2-3-26-17)29-4-6-30(7-5-29)21(31)32-14-9-22(23,24)10-14/h2-3,12-14H,4-10H2,1H3. The molecule has 2 aliphatic carbocycles. The summed E-state index contributed by atoms with van der Waals surface area (Å²) < 4.78 is 33.0. The quantitative estimate of drug-likeness (QED) is 0.730. The van der Waals surface area contributed by atoms with E-state index < -0.39 is 31.0 Å². The van der Waals surface area contributed by atoms with Crippen molar-refractivity contribution in [1.29, 1.82) is 5.26 Å². The number of imidazole rings is 1. The van der Waals surface area contributed by atoms with E-state index in [1.165, 1.54) is 0 Å². The number of carbonyl (C=O) groups excluding carboxylic acids is 1. The van der Waals surface area contributed by atoms with E-state index in [4.69, 9.17) is 4.74 Å². The lowest BCUT2D eigenvalue weighted by molar-refractivity contribution is -0.147. The van der Waals surface area contributed by atoms with Gasteiger partial charge in [0.2, 0.25) is 0 Å². The molecule has 0 aromatic carbocycles. The van der Waals surface area contributed by atoms with Crippen molar-refractivity contribution in [1.82, 2.24) is 19.4 Å². The predicted molar refractivity (Wildman–Crippen MR) is 112 cm³/mol. The Kier molecular flexibility index (Phi) is 4.84. The number of amides is 1. The van der Waals surface area contributed by atoms with Crippen LogP contribution < -0.4 is 4.90 Å². The number of piperazine rings is 1. The summed E-state index contributed by atoms with van der Waals surface area (Å²) in [4.78, 5) is 24.9. The van der Waals surface area contributed by atoms with Crippen LogP contribution in [-0.4, -0.2) is 63.7 Å². The van der Waals surface area contributed by atoms with Crippen LogP contribution in [0.1, 0.15) is 29.8 Å². The van der Waals surface area contributed by atoms with Crippen molar-refractivity contribution in [2.24, 2.45) is 7.05 Å². The maximum absolute atomic E-state index is 13.0. The molecule has 1 aliphatic heterocycles. The lowest BCUT2D eigenvalue weighted by Gasteiger charge is -2.39. The van der Waals surface area contributed by atoms with Gasteiger partial charge < -0.3 is 19.1 Å². The minimum atomic E-state index is -2.72. The number of allylic oxidation sites excluding steroid dienone is 2. The minimum Gasteiger partial charge on any atom is -0.446 e. The van der Waals surface area contributed by atoms with Gasteiger partial charge >= 0.3 is 6.09 Å². The van der Waals surface area contributed by atoms with Crippen LogP contribution in [-0.2, 0) is 18.2 Å². The fourth-order valence-corrected chi connectivity index (χ4v) is 4.52. The number of aryl methyl sites for hydroxylation is 1. The summed E-state index contributed by atoms with van der Waals surface area (Å²) in [5.41, 5.74) is 4.78. The Morgan fingerprint density at radius 1 is 1.25 bits per heavy atom. The first-order valence-corrected chi connectivity index (χ1v) is 10.5. The monoisotopic (exact) mass is 440 g/mol. The summed E-state index contributed by atoms with van der Waals surface area (Å²) >= 11 is 0. The molecule has 0 unspecified atom stereocenters. The molecular weight excluding hydrogens is 418 g/mol. The molecule has 10 heteroatoms. The number of hydrogen-bond donors (Lipinski definition) is 0. The summed E-state index contributed by atoms with van der Waals surface area (Å²) in [5.74, 6) is -2.72. The molecule has 0 N–H and O–H groups in total. The maximum atomic E-state index is 13.0. The molecule has 32 heavy (non-hydrogen) atoms. The molecule has 2 aromatic rings. The zero-order valence-corrected chi connectivity index (χ0v) is 17.6. The smallest absolute Gasteiger partial charge is 0.410 e. The van der Waals surface area contributed by atoms with Gasteiger partial charge in [-0.05, 0) is 6.07 Å². The first-order valence-electron chi connectivity index (χ1n) is 10.5. The van der Waals surface area contributed by atoms with Crippen LogP contribution in [0.3, 0.4) is 0 Å². The van der Waals surface area contributed by atoms with Crippen molar-refractivity contribution in [3.63, 3.8) is 0 Å². The summed E-state index contributed by atoms with van der Waals surface area (Å²) in [6, 6.07) is 4.23. The second-order valence-electron chi connectivity index (χ2n) is 8.46.